The van der Waals surface area contributed by atoms with E-state index in [-0.39, 0.29) is 23.9 Å². The normalized spacial score (nSPS) is 13.7. The van der Waals surface area contributed by atoms with Crippen molar-refractivity contribution in [2.75, 3.05) is 19.0 Å². The molecule has 2 rings (SSSR count). The second-order valence-corrected chi connectivity index (χ2v) is 5.50. The lowest BCUT2D eigenvalue weighted by molar-refractivity contribution is 0.0601. The first-order valence-electron chi connectivity index (χ1n) is 6.89. The molecule has 0 amide bonds. The van der Waals surface area contributed by atoms with Crippen LogP contribution in [0.2, 0.25) is 5.28 Å². The van der Waals surface area contributed by atoms with Gasteiger partial charge in [-0.1, -0.05) is 6.92 Å². The highest BCUT2D eigenvalue weighted by Crippen LogP contribution is 2.25. The van der Waals surface area contributed by atoms with Gasteiger partial charge in [-0.15, -0.1) is 0 Å². The number of nitrogens with one attached hydrogen (secondary N) is 1. The molecule has 0 saturated carbocycles. The van der Waals surface area contributed by atoms with Gasteiger partial charge in [0.2, 0.25) is 5.28 Å². The van der Waals surface area contributed by atoms with Crippen LogP contribution in [0.4, 0.5) is 5.82 Å². The molecule has 0 saturated heterocycles. The maximum atomic E-state index is 11.6. The number of aliphatic hydroxyl groups is 1. The highest BCUT2D eigenvalue weighted by molar-refractivity contribution is 6.28. The van der Waals surface area contributed by atoms with E-state index in [4.69, 9.17) is 16.3 Å². The number of halogens is 1. The zero-order chi connectivity index (χ0) is 16.3. The molecule has 0 bridgehead atoms. The molecule has 7 heteroatoms. The summed E-state index contributed by atoms with van der Waals surface area (Å²) in [6, 6.07) is 5.01. The average molecular weight is 324 g/mol. The van der Waals surface area contributed by atoms with Crippen LogP contribution in [0.3, 0.4) is 0 Å². The summed E-state index contributed by atoms with van der Waals surface area (Å²) in [6.45, 7) is 3.95. The van der Waals surface area contributed by atoms with Gasteiger partial charge in [-0.25, -0.2) is 14.8 Å². The molecule has 1 unspecified atom stereocenters. The lowest BCUT2D eigenvalue weighted by Gasteiger charge is -2.20. The number of aliphatic hydroxyl groups excluding tert-OH is 1. The molecule has 22 heavy (non-hydrogen) atoms. The van der Waals surface area contributed by atoms with E-state index in [0.29, 0.717) is 16.9 Å². The molecule has 0 aliphatic rings. The number of hydrogen-bond donors (Lipinski definition) is 2. The van der Waals surface area contributed by atoms with Gasteiger partial charge in [0.25, 0.3) is 0 Å². The molecule has 2 aromatic rings. The Morgan fingerprint density at radius 2 is 2.14 bits per heavy atom. The zero-order valence-corrected chi connectivity index (χ0v) is 13.4. The van der Waals surface area contributed by atoms with Gasteiger partial charge in [-0.05, 0) is 42.6 Å². The van der Waals surface area contributed by atoms with E-state index in [9.17, 15) is 9.90 Å². The van der Waals surface area contributed by atoms with Crippen LogP contribution in [0.1, 0.15) is 24.2 Å². The molecule has 2 atom stereocenters. The van der Waals surface area contributed by atoms with Crippen LogP contribution in [-0.4, -0.2) is 40.8 Å². The van der Waals surface area contributed by atoms with Gasteiger partial charge in [-0.2, -0.15) is 0 Å². The summed E-state index contributed by atoms with van der Waals surface area (Å²) < 4.78 is 4.70. The fourth-order valence-corrected chi connectivity index (χ4v) is 2.15. The van der Waals surface area contributed by atoms with E-state index in [1.165, 1.54) is 7.11 Å². The van der Waals surface area contributed by atoms with E-state index < -0.39 is 5.97 Å². The lowest BCUT2D eigenvalue weighted by Crippen LogP contribution is -2.26. The Labute approximate surface area is 133 Å². The Hall–Kier alpha value is -1.92. The number of benzene rings is 1. The van der Waals surface area contributed by atoms with Crippen molar-refractivity contribution in [1.82, 2.24) is 9.97 Å². The molecule has 1 heterocycles. The van der Waals surface area contributed by atoms with Crippen LogP contribution >= 0.6 is 11.6 Å². The number of esters is 1. The summed E-state index contributed by atoms with van der Waals surface area (Å²) in [5, 5.41) is 13.3. The number of carbonyl (C=O) groups is 1. The Morgan fingerprint density at radius 1 is 1.41 bits per heavy atom. The molecular weight excluding hydrogens is 306 g/mol. The summed E-state index contributed by atoms with van der Waals surface area (Å²) in [5.41, 5.74) is 0.946. The number of ether oxygens (including phenoxy) is 1. The predicted molar refractivity (Wildman–Crippen MR) is 85.2 cm³/mol. The molecule has 0 spiro atoms. The SMILES string of the molecule is COC(=O)c1ccc2c(NC(C)[C@H](C)CO)nc(Cl)nc2c1. The largest absolute Gasteiger partial charge is 0.465 e. The molecule has 0 aliphatic heterocycles. The summed E-state index contributed by atoms with van der Waals surface area (Å²) in [4.78, 5) is 19.9. The first kappa shape index (κ1) is 16.5. The minimum absolute atomic E-state index is 0.000509. The summed E-state index contributed by atoms with van der Waals surface area (Å²) in [7, 11) is 1.32. The first-order chi connectivity index (χ1) is 10.5. The Balaban J connectivity index is 2.44. The van der Waals surface area contributed by atoms with Crippen molar-refractivity contribution in [2.45, 2.75) is 19.9 Å². The number of aromatic nitrogens is 2. The van der Waals surface area contributed by atoms with Crippen molar-refractivity contribution in [3.63, 3.8) is 0 Å². The highest BCUT2D eigenvalue weighted by Gasteiger charge is 2.15. The third kappa shape index (κ3) is 3.45. The van der Waals surface area contributed by atoms with E-state index in [1.807, 2.05) is 13.8 Å². The van der Waals surface area contributed by atoms with Crippen LogP contribution in [0.25, 0.3) is 10.9 Å². The van der Waals surface area contributed by atoms with Crippen molar-refractivity contribution in [3.05, 3.63) is 29.0 Å². The fraction of sp³-hybridized carbons (Fsp3) is 0.400. The second-order valence-electron chi connectivity index (χ2n) is 5.16. The highest BCUT2D eigenvalue weighted by atomic mass is 35.5. The van der Waals surface area contributed by atoms with Gasteiger partial charge < -0.3 is 15.2 Å². The lowest BCUT2D eigenvalue weighted by atomic mass is 10.0. The second kappa shape index (κ2) is 6.89. The Kier molecular flexibility index (Phi) is 5.15. The topological polar surface area (TPSA) is 84.3 Å². The summed E-state index contributed by atoms with van der Waals surface area (Å²) in [5.74, 6) is 0.186. The molecule has 118 valence electrons. The summed E-state index contributed by atoms with van der Waals surface area (Å²) >= 11 is 5.96. The third-order valence-electron chi connectivity index (χ3n) is 3.60. The molecule has 0 fully saturated rings. The van der Waals surface area contributed by atoms with Gasteiger partial charge in [0, 0.05) is 18.0 Å². The van der Waals surface area contributed by atoms with Crippen LogP contribution in [-0.2, 0) is 4.74 Å². The number of rotatable bonds is 5. The quantitative estimate of drug-likeness (QED) is 0.649. The molecular formula is C15H18ClN3O3. The summed E-state index contributed by atoms with van der Waals surface area (Å²) in [6.07, 6.45) is 0. The molecule has 0 aliphatic carbocycles. The number of fused-ring (bicyclic) bond motifs is 1. The minimum atomic E-state index is -0.437. The Morgan fingerprint density at radius 3 is 2.77 bits per heavy atom. The number of anilines is 1. The monoisotopic (exact) mass is 323 g/mol. The molecule has 2 N–H and O–H groups in total. The van der Waals surface area contributed by atoms with Crippen LogP contribution in [0, 0.1) is 5.92 Å². The maximum absolute atomic E-state index is 11.6. The van der Waals surface area contributed by atoms with Crippen molar-refractivity contribution in [1.29, 1.82) is 0 Å². The number of hydrogen-bond acceptors (Lipinski definition) is 6. The van der Waals surface area contributed by atoms with Gasteiger partial charge in [0.1, 0.15) is 5.82 Å². The van der Waals surface area contributed by atoms with Crippen molar-refractivity contribution in [2.24, 2.45) is 5.92 Å². The predicted octanol–water partition coefficient (Wildman–Crippen LogP) is 2.50. The van der Waals surface area contributed by atoms with Gasteiger partial charge in [0.05, 0.1) is 18.2 Å². The van der Waals surface area contributed by atoms with E-state index in [0.717, 1.165) is 5.39 Å². The number of carbonyl (C=O) groups excluding carboxylic acids is 1. The van der Waals surface area contributed by atoms with E-state index in [1.54, 1.807) is 18.2 Å². The van der Waals surface area contributed by atoms with Crippen LogP contribution in [0.15, 0.2) is 18.2 Å². The maximum Gasteiger partial charge on any atom is 0.337 e. The van der Waals surface area contributed by atoms with Crippen molar-refractivity contribution in [3.8, 4) is 0 Å². The molecule has 1 aromatic carbocycles. The number of nitrogens with zero attached hydrogens (tertiary/aromatic N) is 2. The Bertz CT molecular complexity index is 693. The third-order valence-corrected chi connectivity index (χ3v) is 3.77. The first-order valence-corrected chi connectivity index (χ1v) is 7.27. The van der Waals surface area contributed by atoms with Crippen LogP contribution in [0.5, 0.6) is 0 Å². The smallest absolute Gasteiger partial charge is 0.337 e. The minimum Gasteiger partial charge on any atom is -0.465 e. The molecule has 1 aromatic heterocycles. The van der Waals surface area contributed by atoms with Gasteiger partial charge in [0.15, 0.2) is 0 Å². The standard InChI is InChI=1S/C15H18ClN3O3/c1-8(7-20)9(2)17-13-11-5-4-10(14(21)22-3)6-12(11)18-15(16)19-13/h4-6,8-9,20H,7H2,1-3H3,(H,17,18,19)/t8-,9?/m1/s1. The van der Waals surface area contributed by atoms with Gasteiger partial charge in [-0.3, -0.25) is 0 Å². The van der Waals surface area contributed by atoms with Gasteiger partial charge >= 0.3 is 5.97 Å². The van der Waals surface area contributed by atoms with Crippen LogP contribution < -0.4 is 5.32 Å². The van der Waals surface area contributed by atoms with E-state index >= 15 is 0 Å². The van der Waals surface area contributed by atoms with E-state index in [2.05, 4.69) is 15.3 Å². The average Bonchev–Trinajstić information content (AvgIpc) is 2.52. The fourth-order valence-electron chi connectivity index (χ4n) is 1.97. The zero-order valence-electron chi connectivity index (χ0n) is 12.6. The molecule has 6 nitrogen and oxygen atoms in total. The van der Waals surface area contributed by atoms with Crippen molar-refractivity contribution < 1.29 is 14.6 Å². The molecule has 0 radical (unpaired) electrons. The van der Waals surface area contributed by atoms with Crippen molar-refractivity contribution >= 4 is 34.3 Å². The number of methoxy groups -OCH3 is 1.